The Morgan fingerprint density at radius 3 is 2.61 bits per heavy atom. The molecule has 1 fully saturated rings. The Balaban J connectivity index is 1.79. The van der Waals surface area contributed by atoms with Gasteiger partial charge in [-0.15, -0.1) is 0 Å². The minimum absolute atomic E-state index is 0.188. The van der Waals surface area contributed by atoms with Crippen LogP contribution in [0.3, 0.4) is 0 Å². The second-order valence-electron chi connectivity index (χ2n) is 8.60. The number of para-hydroxylation sites is 1. The fraction of sp³-hybridized carbons (Fsp3) is 0.391. The van der Waals surface area contributed by atoms with Crippen LogP contribution < -0.4 is 5.32 Å². The average Bonchev–Trinajstić information content (AvgIpc) is 3.03. The molecule has 3 aromatic rings. The highest BCUT2D eigenvalue weighted by Crippen LogP contribution is 2.51. The number of rotatable bonds is 2. The molecule has 2 aromatic carbocycles. The number of hydrogen-bond acceptors (Lipinski definition) is 3. The van der Waals surface area contributed by atoms with Gasteiger partial charge >= 0.3 is 0 Å². The van der Waals surface area contributed by atoms with E-state index in [2.05, 4.69) is 18.3 Å². The van der Waals surface area contributed by atoms with Crippen LogP contribution in [0, 0.1) is 12.3 Å². The van der Waals surface area contributed by atoms with E-state index in [1.807, 2.05) is 37.3 Å². The third-order valence-electron chi connectivity index (χ3n) is 6.72. The largest absolute Gasteiger partial charge is 0.309 e. The van der Waals surface area contributed by atoms with E-state index in [0.29, 0.717) is 4.90 Å². The molecule has 1 aromatic heterocycles. The van der Waals surface area contributed by atoms with Crippen LogP contribution in [0.5, 0.6) is 0 Å². The van der Waals surface area contributed by atoms with Crippen LogP contribution in [-0.4, -0.2) is 18.9 Å². The molecule has 0 radical (unpaired) electrons. The summed E-state index contributed by atoms with van der Waals surface area (Å²) in [5, 5.41) is 4.78. The lowest BCUT2D eigenvalue weighted by molar-refractivity contribution is 0.132. The predicted molar refractivity (Wildman–Crippen MR) is 112 cm³/mol. The first-order valence-corrected chi connectivity index (χ1v) is 11.5. The van der Waals surface area contributed by atoms with E-state index in [-0.39, 0.29) is 11.5 Å². The maximum atomic E-state index is 13.7. The third-order valence-corrected chi connectivity index (χ3v) is 8.49. The van der Waals surface area contributed by atoms with Crippen LogP contribution in [0.15, 0.2) is 53.4 Å². The summed E-state index contributed by atoms with van der Waals surface area (Å²) in [4.78, 5) is 0.353. The molecule has 4 nitrogen and oxygen atoms in total. The number of aryl methyl sites for hydroxylation is 1. The van der Waals surface area contributed by atoms with Gasteiger partial charge in [0, 0.05) is 17.1 Å². The molecular formula is C23H26N2O2S. The van der Waals surface area contributed by atoms with Gasteiger partial charge in [0.1, 0.15) is 0 Å². The van der Waals surface area contributed by atoms with Crippen molar-refractivity contribution in [2.24, 2.45) is 5.41 Å². The third kappa shape index (κ3) is 2.49. The summed E-state index contributed by atoms with van der Waals surface area (Å²) in [6.45, 7) is 5.32. The summed E-state index contributed by atoms with van der Waals surface area (Å²) >= 11 is 0. The van der Waals surface area contributed by atoms with E-state index in [0.717, 1.165) is 41.5 Å². The van der Waals surface area contributed by atoms with Crippen molar-refractivity contribution in [3.8, 4) is 0 Å². The van der Waals surface area contributed by atoms with E-state index >= 15 is 0 Å². The first kappa shape index (κ1) is 18.0. The number of benzene rings is 2. The molecule has 0 bridgehead atoms. The second kappa shape index (κ2) is 6.19. The highest BCUT2D eigenvalue weighted by molar-refractivity contribution is 7.90. The zero-order valence-corrected chi connectivity index (χ0v) is 17.2. The van der Waals surface area contributed by atoms with E-state index in [1.165, 1.54) is 18.4 Å². The molecule has 2 atom stereocenters. The van der Waals surface area contributed by atoms with Crippen molar-refractivity contribution in [1.29, 1.82) is 0 Å². The lowest BCUT2D eigenvalue weighted by atomic mass is 9.66. The van der Waals surface area contributed by atoms with Crippen molar-refractivity contribution in [2.75, 3.05) is 6.54 Å². The summed E-state index contributed by atoms with van der Waals surface area (Å²) in [6.07, 6.45) is 4.18. The smallest absolute Gasteiger partial charge is 0.268 e. The van der Waals surface area contributed by atoms with Gasteiger partial charge in [-0.1, -0.05) is 42.8 Å². The lowest BCUT2D eigenvalue weighted by Gasteiger charge is -2.46. The first-order valence-electron chi connectivity index (χ1n) is 10.1. The van der Waals surface area contributed by atoms with Gasteiger partial charge in [0.05, 0.1) is 10.4 Å². The molecule has 0 amide bonds. The summed E-state index contributed by atoms with van der Waals surface area (Å²) in [5.41, 5.74) is 4.19. The molecule has 1 N–H and O–H groups in total. The fourth-order valence-electron chi connectivity index (χ4n) is 5.19. The number of piperidine rings is 1. The van der Waals surface area contributed by atoms with E-state index in [1.54, 1.807) is 16.1 Å². The lowest BCUT2D eigenvalue weighted by Crippen LogP contribution is -2.44. The molecule has 5 rings (SSSR count). The number of nitrogens with one attached hydrogen (secondary N) is 1. The maximum absolute atomic E-state index is 13.7. The zero-order valence-electron chi connectivity index (χ0n) is 16.4. The number of fused-ring (bicyclic) bond motifs is 5. The molecule has 0 saturated carbocycles. The Morgan fingerprint density at radius 2 is 1.82 bits per heavy atom. The Bertz CT molecular complexity index is 1160. The molecule has 1 aliphatic heterocycles. The topological polar surface area (TPSA) is 51.1 Å². The van der Waals surface area contributed by atoms with Crippen molar-refractivity contribution in [2.45, 2.75) is 50.5 Å². The molecule has 5 heteroatoms. The SMILES string of the molecule is Cc1ccc(S(=O)(=O)n2c3c(c4ccccc42)[C@@H]2NCCC[C@]2(C)CC3)cc1. The van der Waals surface area contributed by atoms with Crippen LogP contribution >= 0.6 is 0 Å². The first-order chi connectivity index (χ1) is 13.4. The quantitative estimate of drug-likeness (QED) is 0.693. The van der Waals surface area contributed by atoms with Crippen molar-refractivity contribution >= 4 is 20.9 Å². The average molecular weight is 395 g/mol. The molecule has 2 aliphatic rings. The number of aromatic nitrogens is 1. The van der Waals surface area contributed by atoms with Crippen molar-refractivity contribution < 1.29 is 8.42 Å². The van der Waals surface area contributed by atoms with Crippen LogP contribution in [0.4, 0.5) is 0 Å². The standard InChI is InChI=1S/C23H26N2O2S/c1-16-8-10-17(11-9-16)28(26,27)25-19-7-4-3-6-18(19)21-20(25)12-14-23(2)13-5-15-24-22(21)23/h3-4,6-11,22,24H,5,12-15H2,1-2H3/t22-,23+/m0/s1. The minimum Gasteiger partial charge on any atom is -0.309 e. The molecule has 1 aliphatic carbocycles. The summed E-state index contributed by atoms with van der Waals surface area (Å²) < 4.78 is 29.0. The monoisotopic (exact) mass is 394 g/mol. The Morgan fingerprint density at radius 1 is 1.07 bits per heavy atom. The van der Waals surface area contributed by atoms with Crippen LogP contribution in [0.25, 0.3) is 10.9 Å². The van der Waals surface area contributed by atoms with Gasteiger partial charge in [-0.2, -0.15) is 0 Å². The Kier molecular flexibility index (Phi) is 3.97. The summed E-state index contributed by atoms with van der Waals surface area (Å²) in [6, 6.07) is 15.4. The van der Waals surface area contributed by atoms with Crippen LogP contribution in [0.2, 0.25) is 0 Å². The summed E-state index contributed by atoms with van der Waals surface area (Å²) in [7, 11) is -3.65. The molecule has 146 valence electrons. The molecule has 0 unspecified atom stereocenters. The van der Waals surface area contributed by atoms with Gasteiger partial charge in [-0.05, 0) is 68.3 Å². The number of nitrogens with zero attached hydrogens (tertiary/aromatic N) is 1. The Labute approximate surface area is 166 Å². The van der Waals surface area contributed by atoms with E-state index in [9.17, 15) is 8.42 Å². The second-order valence-corrected chi connectivity index (χ2v) is 10.4. The normalized spacial score (nSPS) is 24.7. The van der Waals surface area contributed by atoms with Crippen molar-refractivity contribution in [1.82, 2.24) is 9.29 Å². The zero-order chi connectivity index (χ0) is 19.5. The highest BCUT2D eigenvalue weighted by atomic mass is 32.2. The van der Waals surface area contributed by atoms with Gasteiger partial charge in [0.2, 0.25) is 0 Å². The van der Waals surface area contributed by atoms with E-state index < -0.39 is 10.0 Å². The maximum Gasteiger partial charge on any atom is 0.268 e. The Hall–Kier alpha value is -2.11. The molecular weight excluding hydrogens is 368 g/mol. The van der Waals surface area contributed by atoms with Crippen molar-refractivity contribution in [3.05, 3.63) is 65.4 Å². The minimum atomic E-state index is -3.65. The fourth-order valence-corrected chi connectivity index (χ4v) is 6.78. The van der Waals surface area contributed by atoms with Gasteiger partial charge in [0.15, 0.2) is 0 Å². The van der Waals surface area contributed by atoms with E-state index in [4.69, 9.17) is 0 Å². The molecule has 28 heavy (non-hydrogen) atoms. The van der Waals surface area contributed by atoms with Gasteiger partial charge < -0.3 is 5.32 Å². The van der Waals surface area contributed by atoms with Crippen LogP contribution in [-0.2, 0) is 16.4 Å². The molecule has 0 spiro atoms. The molecule has 2 heterocycles. The van der Waals surface area contributed by atoms with Gasteiger partial charge in [-0.3, -0.25) is 0 Å². The van der Waals surface area contributed by atoms with Gasteiger partial charge in [-0.25, -0.2) is 12.4 Å². The highest BCUT2D eigenvalue weighted by Gasteiger charge is 2.44. The summed E-state index contributed by atoms with van der Waals surface area (Å²) in [5.74, 6) is 0. The number of hydrogen-bond donors (Lipinski definition) is 1. The van der Waals surface area contributed by atoms with Gasteiger partial charge in [0.25, 0.3) is 10.0 Å². The predicted octanol–water partition coefficient (Wildman–Crippen LogP) is 4.56. The van der Waals surface area contributed by atoms with Crippen LogP contribution in [0.1, 0.15) is 49.0 Å². The molecule has 1 saturated heterocycles. The van der Waals surface area contributed by atoms with Crippen molar-refractivity contribution in [3.63, 3.8) is 0 Å².